The standard InChI is InChI=1S/C22H20N2O/c1-2-6-15(5-1)13-16-10-12-23-20(14-16)19-8-3-7-17-18-9-4-11-24-22(18)25-21(17)19/h3-4,7-12,14-15H,1-2,5-6,13H2. The zero-order valence-electron chi connectivity index (χ0n) is 14.1. The van der Waals surface area contributed by atoms with E-state index in [0.29, 0.717) is 5.71 Å². The second-order valence-corrected chi connectivity index (χ2v) is 7.04. The molecule has 5 rings (SSSR count). The summed E-state index contributed by atoms with van der Waals surface area (Å²) in [6.07, 6.45) is 10.4. The Balaban J connectivity index is 1.60. The van der Waals surface area contributed by atoms with Crippen LogP contribution < -0.4 is 0 Å². The maximum Gasteiger partial charge on any atom is 0.227 e. The van der Waals surface area contributed by atoms with E-state index in [4.69, 9.17) is 4.42 Å². The van der Waals surface area contributed by atoms with Crippen LogP contribution in [0.5, 0.6) is 0 Å². The molecule has 0 radical (unpaired) electrons. The van der Waals surface area contributed by atoms with Crippen LogP contribution in [-0.4, -0.2) is 9.97 Å². The number of rotatable bonds is 3. The summed E-state index contributed by atoms with van der Waals surface area (Å²) in [5, 5.41) is 2.16. The van der Waals surface area contributed by atoms with Crippen LogP contribution in [0, 0.1) is 5.92 Å². The summed E-state index contributed by atoms with van der Waals surface area (Å²) >= 11 is 0. The first-order valence-corrected chi connectivity index (χ1v) is 9.10. The number of pyridine rings is 2. The van der Waals surface area contributed by atoms with Gasteiger partial charge in [0, 0.05) is 28.7 Å². The summed E-state index contributed by atoms with van der Waals surface area (Å²) < 4.78 is 6.06. The lowest BCUT2D eigenvalue weighted by Gasteiger charge is -2.10. The van der Waals surface area contributed by atoms with Gasteiger partial charge in [0.05, 0.1) is 5.69 Å². The molecular weight excluding hydrogens is 308 g/mol. The molecule has 3 heterocycles. The van der Waals surface area contributed by atoms with Gasteiger partial charge in [0.15, 0.2) is 0 Å². The minimum Gasteiger partial charge on any atom is -0.437 e. The van der Waals surface area contributed by atoms with Crippen molar-refractivity contribution in [3.05, 3.63) is 60.4 Å². The highest BCUT2D eigenvalue weighted by Gasteiger charge is 2.17. The topological polar surface area (TPSA) is 38.9 Å². The van der Waals surface area contributed by atoms with Crippen molar-refractivity contribution in [1.29, 1.82) is 0 Å². The molecule has 0 amide bonds. The molecule has 124 valence electrons. The molecule has 1 aliphatic carbocycles. The average molecular weight is 328 g/mol. The second kappa shape index (κ2) is 5.99. The Bertz CT molecular complexity index is 1040. The van der Waals surface area contributed by atoms with Gasteiger partial charge in [-0.05, 0) is 48.2 Å². The first-order valence-electron chi connectivity index (χ1n) is 9.10. The fourth-order valence-corrected chi connectivity index (χ4v) is 4.13. The Hall–Kier alpha value is -2.68. The predicted molar refractivity (Wildman–Crippen MR) is 100 cm³/mol. The van der Waals surface area contributed by atoms with Crippen molar-refractivity contribution in [3.8, 4) is 11.3 Å². The number of benzene rings is 1. The van der Waals surface area contributed by atoms with E-state index in [-0.39, 0.29) is 0 Å². The van der Waals surface area contributed by atoms with Crippen molar-refractivity contribution in [2.75, 3.05) is 0 Å². The van der Waals surface area contributed by atoms with E-state index in [2.05, 4.69) is 46.4 Å². The van der Waals surface area contributed by atoms with E-state index in [0.717, 1.165) is 40.0 Å². The number of furan rings is 1. The Kier molecular flexibility index (Phi) is 3.51. The number of hydrogen-bond acceptors (Lipinski definition) is 3. The monoisotopic (exact) mass is 328 g/mol. The molecular formula is C22H20N2O. The lowest BCUT2D eigenvalue weighted by atomic mass is 9.97. The predicted octanol–water partition coefficient (Wildman–Crippen LogP) is 5.78. The van der Waals surface area contributed by atoms with Gasteiger partial charge >= 0.3 is 0 Å². The first kappa shape index (κ1) is 14.6. The molecule has 0 spiro atoms. The number of fused-ring (bicyclic) bond motifs is 3. The minimum atomic E-state index is 0.687. The zero-order chi connectivity index (χ0) is 16.6. The quantitative estimate of drug-likeness (QED) is 0.479. The van der Waals surface area contributed by atoms with Crippen LogP contribution in [-0.2, 0) is 6.42 Å². The molecule has 1 saturated carbocycles. The lowest BCUT2D eigenvalue weighted by Crippen LogP contribution is -1.99. The first-order chi connectivity index (χ1) is 12.4. The Morgan fingerprint density at radius 3 is 2.72 bits per heavy atom. The van der Waals surface area contributed by atoms with Gasteiger partial charge in [0.1, 0.15) is 5.58 Å². The number of hydrogen-bond donors (Lipinski definition) is 0. The lowest BCUT2D eigenvalue weighted by molar-refractivity contribution is 0.546. The maximum atomic E-state index is 6.06. The van der Waals surface area contributed by atoms with Crippen molar-refractivity contribution in [1.82, 2.24) is 9.97 Å². The van der Waals surface area contributed by atoms with E-state index in [9.17, 15) is 0 Å². The molecule has 25 heavy (non-hydrogen) atoms. The third kappa shape index (κ3) is 2.60. The number of aromatic nitrogens is 2. The molecule has 1 fully saturated rings. The second-order valence-electron chi connectivity index (χ2n) is 7.04. The summed E-state index contributed by atoms with van der Waals surface area (Å²) in [7, 11) is 0. The van der Waals surface area contributed by atoms with Gasteiger partial charge in [-0.25, -0.2) is 4.98 Å². The van der Waals surface area contributed by atoms with E-state index in [1.54, 1.807) is 6.20 Å². The normalized spacial score (nSPS) is 15.4. The number of nitrogens with zero attached hydrogens (tertiary/aromatic N) is 2. The minimum absolute atomic E-state index is 0.687. The molecule has 1 aliphatic rings. The molecule has 0 saturated heterocycles. The smallest absolute Gasteiger partial charge is 0.227 e. The molecule has 3 nitrogen and oxygen atoms in total. The molecule has 0 atom stereocenters. The third-order valence-electron chi connectivity index (χ3n) is 5.37. The van der Waals surface area contributed by atoms with Gasteiger partial charge in [0.2, 0.25) is 5.71 Å². The highest BCUT2D eigenvalue weighted by Crippen LogP contribution is 2.35. The largest absolute Gasteiger partial charge is 0.437 e. The van der Waals surface area contributed by atoms with Gasteiger partial charge in [-0.3, -0.25) is 4.98 Å². The fraction of sp³-hybridized carbons (Fsp3) is 0.273. The molecule has 0 N–H and O–H groups in total. The molecule has 3 aromatic heterocycles. The van der Waals surface area contributed by atoms with Crippen LogP contribution >= 0.6 is 0 Å². The Labute approximate surface area is 146 Å². The van der Waals surface area contributed by atoms with Gasteiger partial charge in [0.25, 0.3) is 0 Å². The van der Waals surface area contributed by atoms with E-state index < -0.39 is 0 Å². The van der Waals surface area contributed by atoms with Crippen LogP contribution in [0.1, 0.15) is 31.2 Å². The van der Waals surface area contributed by atoms with E-state index in [1.165, 1.54) is 31.2 Å². The summed E-state index contributed by atoms with van der Waals surface area (Å²) in [5.74, 6) is 0.835. The van der Waals surface area contributed by atoms with Gasteiger partial charge in [-0.2, -0.15) is 0 Å². The average Bonchev–Trinajstić information content (AvgIpc) is 3.29. The van der Waals surface area contributed by atoms with Crippen LogP contribution in [0.2, 0.25) is 0 Å². The van der Waals surface area contributed by atoms with E-state index >= 15 is 0 Å². The van der Waals surface area contributed by atoms with Crippen LogP contribution in [0.4, 0.5) is 0 Å². The Morgan fingerprint density at radius 1 is 0.920 bits per heavy atom. The van der Waals surface area contributed by atoms with Crippen molar-refractivity contribution < 1.29 is 4.42 Å². The van der Waals surface area contributed by atoms with Gasteiger partial charge in [-0.15, -0.1) is 0 Å². The van der Waals surface area contributed by atoms with Crippen molar-refractivity contribution in [2.24, 2.45) is 5.92 Å². The summed E-state index contributed by atoms with van der Waals surface area (Å²) in [6, 6.07) is 14.6. The number of para-hydroxylation sites is 1. The third-order valence-corrected chi connectivity index (χ3v) is 5.37. The molecule has 1 aromatic carbocycles. The van der Waals surface area contributed by atoms with Crippen LogP contribution in [0.15, 0.2) is 59.3 Å². The summed E-state index contributed by atoms with van der Waals surface area (Å²) in [6.45, 7) is 0. The van der Waals surface area contributed by atoms with Gasteiger partial charge in [-0.1, -0.05) is 37.8 Å². The maximum absolute atomic E-state index is 6.06. The highest BCUT2D eigenvalue weighted by molar-refractivity contribution is 6.08. The zero-order valence-corrected chi connectivity index (χ0v) is 14.1. The van der Waals surface area contributed by atoms with Crippen molar-refractivity contribution >= 4 is 22.1 Å². The van der Waals surface area contributed by atoms with Crippen molar-refractivity contribution in [2.45, 2.75) is 32.1 Å². The van der Waals surface area contributed by atoms with Crippen molar-refractivity contribution in [3.63, 3.8) is 0 Å². The highest BCUT2D eigenvalue weighted by atomic mass is 16.3. The molecule has 0 aliphatic heterocycles. The van der Waals surface area contributed by atoms with Crippen LogP contribution in [0.3, 0.4) is 0 Å². The Morgan fingerprint density at radius 2 is 1.80 bits per heavy atom. The molecule has 0 unspecified atom stereocenters. The summed E-state index contributed by atoms with van der Waals surface area (Å²) in [5.41, 5.74) is 4.97. The molecule has 0 bridgehead atoms. The fourth-order valence-electron chi connectivity index (χ4n) is 4.13. The molecule has 4 aromatic rings. The summed E-state index contributed by atoms with van der Waals surface area (Å²) in [4.78, 5) is 8.98. The van der Waals surface area contributed by atoms with E-state index in [1.807, 2.05) is 12.3 Å². The van der Waals surface area contributed by atoms with Crippen LogP contribution in [0.25, 0.3) is 33.3 Å². The van der Waals surface area contributed by atoms with Gasteiger partial charge < -0.3 is 4.42 Å². The SMILES string of the molecule is c1cnc2oc3c(-c4cc(CC5CCCC5)ccn4)cccc3c2c1. The molecule has 3 heteroatoms.